The van der Waals surface area contributed by atoms with Crippen molar-refractivity contribution < 1.29 is 9.53 Å². The zero-order valence-electron chi connectivity index (χ0n) is 11.1. The lowest BCUT2D eigenvalue weighted by molar-refractivity contribution is -0.123. The molecule has 1 atom stereocenters. The zero-order valence-corrected chi connectivity index (χ0v) is 12.7. The molecule has 1 unspecified atom stereocenters. The maximum atomic E-state index is 11.5. The van der Waals surface area contributed by atoms with Crippen LogP contribution in [0.2, 0.25) is 5.02 Å². The van der Waals surface area contributed by atoms with Gasteiger partial charge in [0.25, 0.3) is 5.91 Å². The quantitative estimate of drug-likeness (QED) is 0.847. The summed E-state index contributed by atoms with van der Waals surface area (Å²) in [6, 6.07) is 5.38. The topological polar surface area (TPSA) is 64.3 Å². The van der Waals surface area contributed by atoms with Crippen molar-refractivity contribution in [2.75, 3.05) is 13.2 Å². The Morgan fingerprint density at radius 2 is 2.21 bits per heavy atom. The summed E-state index contributed by atoms with van der Waals surface area (Å²) in [4.78, 5) is 11.5. The molecule has 108 valence electrons. The number of carbonyl (C=O) groups excluding carboxylic acids is 1. The van der Waals surface area contributed by atoms with Crippen LogP contribution in [-0.4, -0.2) is 25.1 Å². The van der Waals surface area contributed by atoms with Gasteiger partial charge in [-0.1, -0.05) is 11.6 Å². The van der Waals surface area contributed by atoms with Crippen molar-refractivity contribution in [1.29, 1.82) is 0 Å². The molecule has 0 spiro atoms. The summed E-state index contributed by atoms with van der Waals surface area (Å²) in [7, 11) is 0. The van der Waals surface area contributed by atoms with E-state index in [4.69, 9.17) is 22.1 Å². The van der Waals surface area contributed by atoms with Gasteiger partial charge in [-0.05, 0) is 44.0 Å². The Balaban J connectivity index is 0.00000324. The number of benzene rings is 1. The van der Waals surface area contributed by atoms with Gasteiger partial charge >= 0.3 is 0 Å². The number of aryl methyl sites for hydroxylation is 1. The number of nitrogens with two attached hydrogens (primary N) is 1. The summed E-state index contributed by atoms with van der Waals surface area (Å²) in [6.45, 7) is 4.36. The largest absolute Gasteiger partial charge is 0.484 e. The smallest absolute Gasteiger partial charge is 0.257 e. The van der Waals surface area contributed by atoms with Gasteiger partial charge in [0.2, 0.25) is 0 Å². The maximum Gasteiger partial charge on any atom is 0.257 e. The van der Waals surface area contributed by atoms with Crippen LogP contribution in [0.5, 0.6) is 5.75 Å². The zero-order chi connectivity index (χ0) is 13.5. The van der Waals surface area contributed by atoms with Gasteiger partial charge in [0, 0.05) is 17.6 Å². The normalized spacial score (nSPS) is 11.4. The van der Waals surface area contributed by atoms with E-state index in [9.17, 15) is 4.79 Å². The molecule has 1 amide bonds. The Labute approximate surface area is 125 Å². The summed E-state index contributed by atoms with van der Waals surface area (Å²) >= 11 is 5.83. The molecule has 0 saturated heterocycles. The minimum absolute atomic E-state index is 0. The van der Waals surface area contributed by atoms with Crippen LogP contribution in [0.3, 0.4) is 0 Å². The predicted octanol–water partition coefficient (Wildman–Crippen LogP) is 2.30. The molecule has 0 bridgehead atoms. The fraction of sp³-hybridized carbons (Fsp3) is 0.462. The monoisotopic (exact) mass is 306 g/mol. The van der Waals surface area contributed by atoms with E-state index >= 15 is 0 Å². The molecule has 6 heteroatoms. The van der Waals surface area contributed by atoms with Crippen molar-refractivity contribution in [1.82, 2.24) is 5.32 Å². The van der Waals surface area contributed by atoms with Crippen molar-refractivity contribution in [3.8, 4) is 5.75 Å². The number of hydrogen-bond acceptors (Lipinski definition) is 3. The van der Waals surface area contributed by atoms with Crippen LogP contribution in [0, 0.1) is 6.92 Å². The van der Waals surface area contributed by atoms with Gasteiger partial charge < -0.3 is 15.8 Å². The highest BCUT2D eigenvalue weighted by atomic mass is 35.5. The molecule has 0 fully saturated rings. The first-order valence-electron chi connectivity index (χ1n) is 5.90. The van der Waals surface area contributed by atoms with Crippen LogP contribution < -0.4 is 15.8 Å². The average Bonchev–Trinajstić information content (AvgIpc) is 2.27. The molecule has 0 aliphatic carbocycles. The molecule has 4 nitrogen and oxygen atoms in total. The van der Waals surface area contributed by atoms with Gasteiger partial charge in [0.15, 0.2) is 6.61 Å². The van der Waals surface area contributed by atoms with E-state index in [0.29, 0.717) is 17.3 Å². The lowest BCUT2D eigenvalue weighted by atomic mass is 10.2. The minimum Gasteiger partial charge on any atom is -0.484 e. The predicted molar refractivity (Wildman–Crippen MR) is 80.2 cm³/mol. The Kier molecular flexibility index (Phi) is 8.56. The number of rotatable bonds is 6. The fourth-order valence-electron chi connectivity index (χ4n) is 1.41. The maximum absolute atomic E-state index is 11.5. The molecule has 0 aliphatic rings. The summed E-state index contributed by atoms with van der Waals surface area (Å²) in [6.07, 6.45) is 0.756. The second kappa shape index (κ2) is 9.02. The SMILES string of the molecule is Cc1cc(Cl)ccc1OCC(=O)NCCC(C)N.Cl. The van der Waals surface area contributed by atoms with E-state index in [0.717, 1.165) is 12.0 Å². The molecule has 0 radical (unpaired) electrons. The molecule has 1 aromatic rings. The van der Waals surface area contributed by atoms with E-state index in [1.165, 1.54) is 0 Å². The van der Waals surface area contributed by atoms with E-state index in [2.05, 4.69) is 5.32 Å². The van der Waals surface area contributed by atoms with Crippen LogP contribution in [-0.2, 0) is 4.79 Å². The molecule has 1 aromatic carbocycles. The lowest BCUT2D eigenvalue weighted by Gasteiger charge is -2.10. The number of hydrogen-bond donors (Lipinski definition) is 2. The number of nitrogens with one attached hydrogen (secondary N) is 1. The first-order valence-corrected chi connectivity index (χ1v) is 6.28. The third kappa shape index (κ3) is 7.25. The molecular weight excluding hydrogens is 287 g/mol. The highest BCUT2D eigenvalue weighted by molar-refractivity contribution is 6.30. The van der Waals surface area contributed by atoms with Crippen molar-refractivity contribution in [3.05, 3.63) is 28.8 Å². The van der Waals surface area contributed by atoms with Gasteiger partial charge in [-0.15, -0.1) is 12.4 Å². The number of halogens is 2. The molecule has 0 heterocycles. The van der Waals surface area contributed by atoms with Gasteiger partial charge in [0.1, 0.15) is 5.75 Å². The van der Waals surface area contributed by atoms with E-state index in [-0.39, 0.29) is 31.0 Å². The molecule has 0 aliphatic heterocycles. The molecule has 19 heavy (non-hydrogen) atoms. The summed E-state index contributed by atoms with van der Waals surface area (Å²) in [5.74, 6) is 0.520. The molecule has 1 rings (SSSR count). The third-order valence-corrected chi connectivity index (χ3v) is 2.65. The molecule has 0 aromatic heterocycles. The van der Waals surface area contributed by atoms with Crippen molar-refractivity contribution in [3.63, 3.8) is 0 Å². The number of ether oxygens (including phenoxy) is 1. The van der Waals surface area contributed by atoms with Crippen molar-refractivity contribution in [2.45, 2.75) is 26.3 Å². The number of amides is 1. The molecular formula is C13H20Cl2N2O2. The minimum atomic E-state index is -0.148. The third-order valence-electron chi connectivity index (χ3n) is 2.42. The second-order valence-electron chi connectivity index (χ2n) is 4.31. The van der Waals surface area contributed by atoms with E-state index < -0.39 is 0 Å². The fourth-order valence-corrected chi connectivity index (χ4v) is 1.64. The van der Waals surface area contributed by atoms with Crippen LogP contribution >= 0.6 is 24.0 Å². The Morgan fingerprint density at radius 1 is 1.53 bits per heavy atom. The Hall–Kier alpha value is -0.970. The molecule has 3 N–H and O–H groups in total. The van der Waals surface area contributed by atoms with Crippen LogP contribution in [0.4, 0.5) is 0 Å². The summed E-state index contributed by atoms with van der Waals surface area (Å²) < 4.78 is 5.41. The van der Waals surface area contributed by atoms with E-state index in [1.54, 1.807) is 18.2 Å². The van der Waals surface area contributed by atoms with Gasteiger partial charge in [-0.25, -0.2) is 0 Å². The van der Waals surface area contributed by atoms with E-state index in [1.807, 2.05) is 13.8 Å². The van der Waals surface area contributed by atoms with Crippen LogP contribution in [0.25, 0.3) is 0 Å². The average molecular weight is 307 g/mol. The first kappa shape index (κ1) is 18.0. The van der Waals surface area contributed by atoms with Crippen molar-refractivity contribution in [2.24, 2.45) is 5.73 Å². The van der Waals surface area contributed by atoms with Gasteiger partial charge in [-0.3, -0.25) is 4.79 Å². The Bertz CT molecular complexity index is 412. The van der Waals surface area contributed by atoms with Gasteiger partial charge in [-0.2, -0.15) is 0 Å². The summed E-state index contributed by atoms with van der Waals surface area (Å²) in [5, 5.41) is 3.40. The highest BCUT2D eigenvalue weighted by Gasteiger charge is 2.05. The van der Waals surface area contributed by atoms with Crippen molar-refractivity contribution >= 4 is 29.9 Å². The molecule has 0 saturated carbocycles. The number of carbonyl (C=O) groups is 1. The highest BCUT2D eigenvalue weighted by Crippen LogP contribution is 2.21. The lowest BCUT2D eigenvalue weighted by Crippen LogP contribution is -2.32. The standard InChI is InChI=1S/C13H19ClN2O2.ClH/c1-9-7-11(14)3-4-12(9)18-8-13(17)16-6-5-10(2)15;/h3-4,7,10H,5-6,8,15H2,1-2H3,(H,16,17);1H. The van der Waals surface area contributed by atoms with Crippen LogP contribution in [0.15, 0.2) is 18.2 Å². The van der Waals surface area contributed by atoms with Crippen LogP contribution in [0.1, 0.15) is 18.9 Å². The van der Waals surface area contributed by atoms with Gasteiger partial charge in [0.05, 0.1) is 0 Å². The second-order valence-corrected chi connectivity index (χ2v) is 4.75. The first-order chi connectivity index (χ1) is 8.49. The summed E-state index contributed by atoms with van der Waals surface area (Å²) in [5.41, 5.74) is 6.49. The Morgan fingerprint density at radius 3 is 2.79 bits per heavy atom.